The molecule has 0 bridgehead atoms. The first-order valence-corrected chi connectivity index (χ1v) is 11.0. The van der Waals surface area contributed by atoms with E-state index in [1.165, 1.54) is 0 Å². The monoisotopic (exact) mass is 435 g/mol. The van der Waals surface area contributed by atoms with Crippen molar-refractivity contribution >= 4 is 5.91 Å². The number of rotatable bonds is 9. The van der Waals surface area contributed by atoms with E-state index in [9.17, 15) is 9.90 Å². The van der Waals surface area contributed by atoms with Crippen molar-refractivity contribution in [2.24, 2.45) is 0 Å². The fourth-order valence-corrected chi connectivity index (χ4v) is 4.16. The Labute approximate surface area is 188 Å². The highest BCUT2D eigenvalue weighted by molar-refractivity contribution is 6.00. The smallest absolute Gasteiger partial charge is 0.273 e. The summed E-state index contributed by atoms with van der Waals surface area (Å²) in [6.45, 7) is 5.81. The van der Waals surface area contributed by atoms with Gasteiger partial charge in [0.2, 0.25) is 0 Å². The molecule has 2 aromatic carbocycles. The normalized spacial score (nSPS) is 15.3. The average Bonchev–Trinajstić information content (AvgIpc) is 3.34. The molecule has 2 N–H and O–H groups in total. The van der Waals surface area contributed by atoms with Crippen LogP contribution in [0.15, 0.2) is 42.5 Å². The van der Waals surface area contributed by atoms with E-state index in [0.717, 1.165) is 35.3 Å². The molecule has 2 heterocycles. The molecule has 168 valence electrons. The number of hydrogen-bond acceptors (Lipinski definition) is 5. The fourth-order valence-electron chi connectivity index (χ4n) is 4.16. The third kappa shape index (κ3) is 4.08. The maximum Gasteiger partial charge on any atom is 0.273 e. The number of nitrogens with zero attached hydrogens (tertiary/aromatic N) is 2. The molecule has 1 aliphatic rings. The van der Waals surface area contributed by atoms with Gasteiger partial charge in [0, 0.05) is 31.4 Å². The number of hydrogen-bond donors (Lipinski definition) is 2. The fraction of sp³-hybridized carbons (Fsp3) is 0.360. The highest BCUT2D eigenvalue weighted by Crippen LogP contribution is 2.44. The standard InChI is InChI=1S/C25H29N3O4/c1-4-13-32-18-9-7-17(8-10-18)24-21-22(19-15-16(2)6-11-20(19)29)26-27-23(21)25(30)28(24)12-5-14-31-3/h6-11,15,24,29H,4-5,12-14H2,1-3H3,(H,26,27). The number of phenolic OH excluding ortho intramolecular Hbond substituents is 1. The molecule has 0 radical (unpaired) electrons. The molecule has 7 heteroatoms. The van der Waals surface area contributed by atoms with Crippen molar-refractivity contribution in [3.05, 3.63) is 64.8 Å². The summed E-state index contributed by atoms with van der Waals surface area (Å²) in [7, 11) is 1.66. The van der Waals surface area contributed by atoms with E-state index < -0.39 is 0 Å². The molecule has 0 aliphatic carbocycles. The van der Waals surface area contributed by atoms with Crippen molar-refractivity contribution in [3.63, 3.8) is 0 Å². The molecule has 0 saturated carbocycles. The number of benzene rings is 2. The molecule has 32 heavy (non-hydrogen) atoms. The average molecular weight is 436 g/mol. The molecule has 7 nitrogen and oxygen atoms in total. The van der Waals surface area contributed by atoms with Gasteiger partial charge in [-0.3, -0.25) is 9.89 Å². The Morgan fingerprint density at radius 1 is 1.16 bits per heavy atom. The summed E-state index contributed by atoms with van der Waals surface area (Å²) >= 11 is 0. The molecule has 3 aromatic rings. The quantitative estimate of drug-likeness (QED) is 0.485. The molecule has 1 unspecified atom stereocenters. The second-order valence-corrected chi connectivity index (χ2v) is 8.05. The van der Waals surface area contributed by atoms with E-state index in [1.807, 2.05) is 48.2 Å². The number of carbonyl (C=O) groups is 1. The van der Waals surface area contributed by atoms with E-state index in [2.05, 4.69) is 17.1 Å². The predicted molar refractivity (Wildman–Crippen MR) is 122 cm³/mol. The first-order chi connectivity index (χ1) is 15.5. The number of H-pyrrole nitrogens is 1. The summed E-state index contributed by atoms with van der Waals surface area (Å²) in [5.74, 6) is 0.838. The number of aromatic amines is 1. The Hall–Kier alpha value is -3.32. The maximum absolute atomic E-state index is 13.3. The van der Waals surface area contributed by atoms with Crippen LogP contribution in [0.4, 0.5) is 0 Å². The van der Waals surface area contributed by atoms with Gasteiger partial charge in [0.25, 0.3) is 5.91 Å². The van der Waals surface area contributed by atoms with E-state index in [4.69, 9.17) is 9.47 Å². The number of aromatic nitrogens is 2. The first kappa shape index (κ1) is 21.9. The summed E-state index contributed by atoms with van der Waals surface area (Å²) < 4.78 is 10.9. The Balaban J connectivity index is 1.78. The SMILES string of the molecule is CCCOc1ccc(C2c3c(-c4cc(C)ccc4O)n[nH]c3C(=O)N2CCCOC)cc1. The number of ether oxygens (including phenoxy) is 2. The number of phenols is 1. The highest BCUT2D eigenvalue weighted by Gasteiger charge is 2.42. The summed E-state index contributed by atoms with van der Waals surface area (Å²) in [4.78, 5) is 15.2. The van der Waals surface area contributed by atoms with Crippen LogP contribution in [0, 0.1) is 6.92 Å². The van der Waals surface area contributed by atoms with Crippen LogP contribution in [0.25, 0.3) is 11.3 Å². The van der Waals surface area contributed by atoms with Crippen LogP contribution in [0.5, 0.6) is 11.5 Å². The van der Waals surface area contributed by atoms with Crippen LogP contribution in [0.1, 0.15) is 53.0 Å². The van der Waals surface area contributed by atoms with Gasteiger partial charge in [-0.1, -0.05) is 30.7 Å². The molecule has 1 aromatic heterocycles. The largest absolute Gasteiger partial charge is 0.507 e. The Morgan fingerprint density at radius 3 is 2.66 bits per heavy atom. The number of nitrogens with one attached hydrogen (secondary N) is 1. The molecule has 1 aliphatic heterocycles. The minimum Gasteiger partial charge on any atom is -0.507 e. The van der Waals surface area contributed by atoms with Crippen LogP contribution < -0.4 is 4.74 Å². The minimum atomic E-state index is -0.316. The summed E-state index contributed by atoms with van der Waals surface area (Å²) in [6.07, 6.45) is 1.66. The van der Waals surface area contributed by atoms with Crippen LogP contribution in [0.2, 0.25) is 0 Å². The molecular weight excluding hydrogens is 406 g/mol. The van der Waals surface area contributed by atoms with Gasteiger partial charge < -0.3 is 19.5 Å². The summed E-state index contributed by atoms with van der Waals surface area (Å²) in [6, 6.07) is 12.9. The molecule has 0 saturated heterocycles. The van der Waals surface area contributed by atoms with Crippen LogP contribution in [0.3, 0.4) is 0 Å². The molecule has 1 amide bonds. The third-order valence-electron chi connectivity index (χ3n) is 5.69. The second-order valence-electron chi connectivity index (χ2n) is 8.05. The van der Waals surface area contributed by atoms with Crippen molar-refractivity contribution in [3.8, 4) is 22.8 Å². The van der Waals surface area contributed by atoms with Crippen LogP contribution in [-0.2, 0) is 4.74 Å². The van der Waals surface area contributed by atoms with Gasteiger partial charge in [-0.05, 0) is 49.6 Å². The Morgan fingerprint density at radius 2 is 1.94 bits per heavy atom. The van der Waals surface area contributed by atoms with Gasteiger partial charge in [0.05, 0.1) is 12.6 Å². The van der Waals surface area contributed by atoms with Crippen molar-refractivity contribution in [2.45, 2.75) is 32.7 Å². The lowest BCUT2D eigenvalue weighted by Gasteiger charge is -2.26. The van der Waals surface area contributed by atoms with Gasteiger partial charge in [0.15, 0.2) is 0 Å². The maximum atomic E-state index is 13.3. The van der Waals surface area contributed by atoms with Crippen molar-refractivity contribution in [2.75, 3.05) is 26.9 Å². The number of carbonyl (C=O) groups excluding carboxylic acids is 1. The lowest BCUT2D eigenvalue weighted by atomic mass is 9.95. The minimum absolute atomic E-state index is 0.0988. The zero-order valence-electron chi connectivity index (χ0n) is 18.7. The number of methoxy groups -OCH3 is 1. The summed E-state index contributed by atoms with van der Waals surface area (Å²) in [5, 5.41) is 17.9. The molecular formula is C25H29N3O4. The predicted octanol–water partition coefficient (Wildman–Crippen LogP) is 4.46. The molecule has 0 spiro atoms. The van der Waals surface area contributed by atoms with Gasteiger partial charge in [0.1, 0.15) is 22.9 Å². The zero-order chi connectivity index (χ0) is 22.7. The molecule has 4 rings (SSSR count). The molecule has 1 atom stereocenters. The number of amides is 1. The zero-order valence-corrected chi connectivity index (χ0v) is 18.7. The van der Waals surface area contributed by atoms with Crippen LogP contribution >= 0.6 is 0 Å². The van der Waals surface area contributed by atoms with E-state index in [0.29, 0.717) is 36.7 Å². The van der Waals surface area contributed by atoms with Crippen LogP contribution in [-0.4, -0.2) is 53.0 Å². The third-order valence-corrected chi connectivity index (χ3v) is 5.69. The van der Waals surface area contributed by atoms with Crippen molar-refractivity contribution in [1.29, 1.82) is 0 Å². The van der Waals surface area contributed by atoms with E-state index in [1.54, 1.807) is 13.2 Å². The lowest BCUT2D eigenvalue weighted by molar-refractivity contribution is 0.0723. The summed E-state index contributed by atoms with van der Waals surface area (Å²) in [5.41, 5.74) is 4.44. The Bertz CT molecular complexity index is 1090. The lowest BCUT2D eigenvalue weighted by Crippen LogP contribution is -2.31. The molecule has 0 fully saturated rings. The first-order valence-electron chi connectivity index (χ1n) is 11.0. The highest BCUT2D eigenvalue weighted by atomic mass is 16.5. The van der Waals surface area contributed by atoms with Crippen molar-refractivity contribution in [1.82, 2.24) is 15.1 Å². The Kier molecular flexibility index (Phi) is 6.46. The van der Waals surface area contributed by atoms with Gasteiger partial charge in [-0.15, -0.1) is 0 Å². The van der Waals surface area contributed by atoms with Gasteiger partial charge in [-0.2, -0.15) is 5.10 Å². The van der Waals surface area contributed by atoms with Gasteiger partial charge in [-0.25, -0.2) is 0 Å². The van der Waals surface area contributed by atoms with Crippen molar-refractivity contribution < 1.29 is 19.4 Å². The number of aromatic hydroxyl groups is 1. The van der Waals surface area contributed by atoms with Gasteiger partial charge >= 0.3 is 0 Å². The topological polar surface area (TPSA) is 87.7 Å². The van der Waals surface area contributed by atoms with E-state index >= 15 is 0 Å². The van der Waals surface area contributed by atoms with E-state index in [-0.39, 0.29) is 17.7 Å². The number of aryl methyl sites for hydroxylation is 1. The number of fused-ring (bicyclic) bond motifs is 1. The second kappa shape index (κ2) is 9.44.